The first-order chi connectivity index (χ1) is 17.2. The van der Waals surface area contributed by atoms with Gasteiger partial charge < -0.3 is 19.7 Å². The number of ketones is 1. The van der Waals surface area contributed by atoms with Crippen LogP contribution in [0.3, 0.4) is 0 Å². The summed E-state index contributed by atoms with van der Waals surface area (Å²) in [5, 5.41) is 21.9. The molecule has 9 atom stereocenters. The number of aliphatic carboxylic acids is 1. The summed E-state index contributed by atoms with van der Waals surface area (Å²) in [4.78, 5) is 37.7. The molecule has 7 nitrogen and oxygen atoms in total. The summed E-state index contributed by atoms with van der Waals surface area (Å²) >= 11 is 0. The zero-order valence-corrected chi connectivity index (χ0v) is 22.1. The summed E-state index contributed by atoms with van der Waals surface area (Å²) in [6.07, 6.45) is 0.285. The topological polar surface area (TPSA) is 110 Å². The molecule has 2 N–H and O–H groups in total. The minimum atomic E-state index is -2.34. The third-order valence-electron chi connectivity index (χ3n) is 10.3. The molecule has 206 valence electrons. The maximum Gasteiger partial charge on any atom is 0.509 e. The highest BCUT2D eigenvalue weighted by molar-refractivity contribution is 6.01. The molecule has 0 aromatic carbocycles. The van der Waals surface area contributed by atoms with Gasteiger partial charge in [0.15, 0.2) is 11.5 Å². The van der Waals surface area contributed by atoms with Crippen LogP contribution in [0, 0.1) is 34.5 Å². The standard InChI is InChI=1S/C28H38F2O7/c1-6-16(7-2)14-36-24(35)37-28(23(33)34)15(3)10-18-19-12-21(29)20-11-17(31)8-9-25(20,4)27(19,30)22(32)13-26(18,28)5/h8-9,11,15-16,18-19,21-22,32H,6-7,10,12-14H2,1-5H3,(H,33,34)/t15-,18+,19+,21+,22+,25+,26+,27+,28-/m1/s1. The smallest absolute Gasteiger partial charge is 0.478 e. The van der Waals surface area contributed by atoms with Crippen LogP contribution in [0.15, 0.2) is 23.8 Å². The first-order valence-corrected chi connectivity index (χ1v) is 13.3. The number of fused-ring (bicyclic) bond motifs is 5. The van der Waals surface area contributed by atoms with E-state index in [-0.39, 0.29) is 37.4 Å². The summed E-state index contributed by atoms with van der Waals surface area (Å²) in [6.45, 7) is 8.70. The molecule has 3 saturated carbocycles. The molecule has 37 heavy (non-hydrogen) atoms. The lowest BCUT2D eigenvalue weighted by Gasteiger charge is -2.62. The summed E-state index contributed by atoms with van der Waals surface area (Å²) in [5.74, 6) is -4.26. The number of hydrogen-bond donors (Lipinski definition) is 2. The van der Waals surface area contributed by atoms with Gasteiger partial charge in [-0.15, -0.1) is 0 Å². The van der Waals surface area contributed by atoms with Crippen molar-refractivity contribution in [2.45, 2.75) is 90.3 Å². The Morgan fingerprint density at radius 3 is 2.43 bits per heavy atom. The van der Waals surface area contributed by atoms with Gasteiger partial charge >= 0.3 is 12.1 Å². The van der Waals surface area contributed by atoms with E-state index in [0.717, 1.165) is 18.9 Å². The van der Waals surface area contributed by atoms with E-state index >= 15 is 8.78 Å². The molecule has 9 heteroatoms. The van der Waals surface area contributed by atoms with Gasteiger partial charge in [-0.05, 0) is 55.7 Å². The van der Waals surface area contributed by atoms with Crippen LogP contribution in [-0.4, -0.2) is 58.3 Å². The van der Waals surface area contributed by atoms with Crippen molar-refractivity contribution < 1.29 is 42.9 Å². The van der Waals surface area contributed by atoms with Crippen LogP contribution in [0.5, 0.6) is 0 Å². The molecule has 0 unspecified atom stereocenters. The minimum absolute atomic E-state index is 0.00169. The van der Waals surface area contributed by atoms with E-state index in [1.165, 1.54) is 19.1 Å². The van der Waals surface area contributed by atoms with Gasteiger partial charge in [0.2, 0.25) is 5.60 Å². The van der Waals surface area contributed by atoms with Crippen molar-refractivity contribution >= 4 is 17.9 Å². The van der Waals surface area contributed by atoms with Crippen molar-refractivity contribution in [3.05, 3.63) is 23.8 Å². The summed E-state index contributed by atoms with van der Waals surface area (Å²) in [5.41, 5.74) is -7.40. The average Bonchev–Trinajstić information content (AvgIpc) is 3.05. The minimum Gasteiger partial charge on any atom is -0.478 e. The fourth-order valence-corrected chi connectivity index (χ4v) is 8.11. The second-order valence-electron chi connectivity index (χ2n) is 11.9. The Balaban J connectivity index is 1.74. The fourth-order valence-electron chi connectivity index (χ4n) is 8.11. The average molecular weight is 525 g/mol. The highest BCUT2D eigenvalue weighted by Crippen LogP contribution is 2.71. The molecular formula is C28H38F2O7. The number of aliphatic hydroxyl groups excluding tert-OH is 1. The molecular weight excluding hydrogens is 486 g/mol. The van der Waals surface area contributed by atoms with Crippen molar-refractivity contribution in [1.29, 1.82) is 0 Å². The Kier molecular flexibility index (Phi) is 6.88. The van der Waals surface area contributed by atoms with Crippen molar-refractivity contribution in [3.63, 3.8) is 0 Å². The van der Waals surface area contributed by atoms with E-state index in [9.17, 15) is 24.6 Å². The van der Waals surface area contributed by atoms with Gasteiger partial charge in [-0.3, -0.25) is 4.79 Å². The lowest BCUT2D eigenvalue weighted by molar-refractivity contribution is -0.231. The number of carboxylic acids is 1. The summed E-state index contributed by atoms with van der Waals surface area (Å²) < 4.78 is 43.8. The van der Waals surface area contributed by atoms with E-state index in [1.807, 2.05) is 13.8 Å². The van der Waals surface area contributed by atoms with Crippen LogP contribution in [0.1, 0.15) is 66.7 Å². The molecule has 4 aliphatic rings. The predicted octanol–water partition coefficient (Wildman–Crippen LogP) is 4.96. The number of allylic oxidation sites excluding steroid dienone is 4. The van der Waals surface area contributed by atoms with Crippen molar-refractivity contribution in [2.75, 3.05) is 6.61 Å². The van der Waals surface area contributed by atoms with E-state index in [4.69, 9.17) is 9.47 Å². The number of ether oxygens (including phenoxy) is 2. The van der Waals surface area contributed by atoms with Gasteiger partial charge in [0.05, 0.1) is 12.7 Å². The number of carboxylic acid groups (broad SMARTS) is 1. The Bertz CT molecular complexity index is 1040. The van der Waals surface area contributed by atoms with Gasteiger partial charge in [0.25, 0.3) is 0 Å². The quantitative estimate of drug-likeness (QED) is 0.473. The zero-order valence-electron chi connectivity index (χ0n) is 22.1. The number of carbonyl (C=O) groups is 3. The van der Waals surface area contributed by atoms with Crippen LogP contribution >= 0.6 is 0 Å². The lowest BCUT2D eigenvalue weighted by Crippen LogP contribution is -2.71. The van der Waals surface area contributed by atoms with Crippen LogP contribution in [0.4, 0.5) is 13.6 Å². The molecule has 0 aliphatic heterocycles. The number of carbonyl (C=O) groups excluding carboxylic acids is 2. The lowest BCUT2D eigenvalue weighted by atomic mass is 9.44. The number of halogens is 2. The number of hydrogen-bond acceptors (Lipinski definition) is 6. The highest BCUT2D eigenvalue weighted by Gasteiger charge is 2.78. The van der Waals surface area contributed by atoms with E-state index in [1.54, 1.807) is 13.8 Å². The number of aliphatic hydroxyl groups is 1. The predicted molar refractivity (Wildman–Crippen MR) is 130 cm³/mol. The molecule has 0 radical (unpaired) electrons. The van der Waals surface area contributed by atoms with Crippen LogP contribution in [0.2, 0.25) is 0 Å². The number of alkyl halides is 2. The molecule has 0 heterocycles. The first kappa shape index (κ1) is 27.7. The molecule has 3 fully saturated rings. The van der Waals surface area contributed by atoms with Gasteiger partial charge in [0, 0.05) is 22.7 Å². The summed E-state index contributed by atoms with van der Waals surface area (Å²) in [7, 11) is 0. The molecule has 0 aromatic heterocycles. The molecule has 4 aliphatic carbocycles. The second kappa shape index (κ2) is 9.17. The molecule has 0 amide bonds. The van der Waals surface area contributed by atoms with Crippen LogP contribution in [0.25, 0.3) is 0 Å². The molecule has 0 spiro atoms. The Hall–Kier alpha value is -2.29. The Morgan fingerprint density at radius 1 is 1.19 bits per heavy atom. The highest BCUT2D eigenvalue weighted by atomic mass is 19.1. The Morgan fingerprint density at radius 2 is 1.84 bits per heavy atom. The third-order valence-corrected chi connectivity index (χ3v) is 10.3. The van der Waals surface area contributed by atoms with Crippen molar-refractivity contribution in [1.82, 2.24) is 0 Å². The van der Waals surface area contributed by atoms with E-state index in [0.29, 0.717) is 0 Å². The Labute approximate surface area is 216 Å². The van der Waals surface area contributed by atoms with Gasteiger partial charge in [-0.2, -0.15) is 0 Å². The third kappa shape index (κ3) is 3.62. The van der Waals surface area contributed by atoms with E-state index in [2.05, 4.69) is 0 Å². The molecule has 0 bridgehead atoms. The first-order valence-electron chi connectivity index (χ1n) is 13.3. The van der Waals surface area contributed by atoms with Crippen LogP contribution < -0.4 is 0 Å². The molecule has 0 saturated heterocycles. The fraction of sp³-hybridized carbons (Fsp3) is 0.750. The SMILES string of the molecule is CCC(CC)COC(=O)O[C@@]1(C(=O)O)[C@H](C)C[C@H]2[C@@H]3C[C@H](F)C4=CC(=O)C=C[C@]4(C)[C@@]3(F)[C@@H](O)C[C@@]21C. The maximum atomic E-state index is 17.3. The molecule has 4 rings (SSSR count). The van der Waals surface area contributed by atoms with Crippen molar-refractivity contribution in [2.24, 2.45) is 34.5 Å². The largest absolute Gasteiger partial charge is 0.509 e. The van der Waals surface area contributed by atoms with Crippen LogP contribution in [-0.2, 0) is 19.1 Å². The van der Waals surface area contributed by atoms with Gasteiger partial charge in [-0.25, -0.2) is 18.4 Å². The summed E-state index contributed by atoms with van der Waals surface area (Å²) in [6, 6.07) is 0. The van der Waals surface area contributed by atoms with Crippen molar-refractivity contribution in [3.8, 4) is 0 Å². The van der Waals surface area contributed by atoms with E-state index < -0.39 is 70.0 Å². The zero-order chi connectivity index (χ0) is 27.6. The maximum absolute atomic E-state index is 17.3. The molecule has 0 aromatic rings. The van der Waals surface area contributed by atoms with Gasteiger partial charge in [0.1, 0.15) is 6.17 Å². The number of rotatable bonds is 6. The monoisotopic (exact) mass is 524 g/mol. The van der Waals surface area contributed by atoms with Gasteiger partial charge in [-0.1, -0.05) is 46.6 Å². The second-order valence-corrected chi connectivity index (χ2v) is 11.9. The normalized spacial score (nSPS) is 44.5.